The van der Waals surface area contributed by atoms with Gasteiger partial charge in [-0.2, -0.15) is 0 Å². The smallest absolute Gasteiger partial charge is 0.277 e. The predicted molar refractivity (Wildman–Crippen MR) is 94.0 cm³/mol. The lowest BCUT2D eigenvalue weighted by Gasteiger charge is -1.94. The zero-order chi connectivity index (χ0) is 17.1. The van der Waals surface area contributed by atoms with E-state index in [0.29, 0.717) is 33.7 Å². The summed E-state index contributed by atoms with van der Waals surface area (Å²) in [6.45, 7) is 0. The topological polar surface area (TPSA) is 77.8 Å². The third-order valence-electron chi connectivity index (χ3n) is 3.30. The molecule has 4 aromatic rings. The molecule has 0 aliphatic rings. The first-order valence-electron chi connectivity index (χ1n) is 7.38. The minimum atomic E-state index is 0.435. The summed E-state index contributed by atoms with van der Waals surface area (Å²) in [6, 6.07) is 16.8. The molecule has 25 heavy (non-hydrogen) atoms. The third-order valence-corrected chi connectivity index (χ3v) is 4.36. The highest BCUT2D eigenvalue weighted by Gasteiger charge is 2.12. The molecule has 2 aromatic heterocycles. The molecule has 0 atom stereocenters. The molecule has 2 heterocycles. The first-order chi connectivity index (χ1) is 12.3. The molecule has 0 aliphatic heterocycles. The monoisotopic (exact) mass is 370 g/mol. The molecule has 0 aliphatic carbocycles. The quantitative estimate of drug-likeness (QED) is 0.470. The molecule has 6 nitrogen and oxygen atoms in total. The Labute approximate surface area is 152 Å². The molecule has 0 fully saturated rings. The van der Waals surface area contributed by atoms with Crippen LogP contribution in [0.2, 0.25) is 5.02 Å². The van der Waals surface area contributed by atoms with Crippen LogP contribution in [0, 0.1) is 0 Å². The van der Waals surface area contributed by atoms with Crippen molar-refractivity contribution >= 4 is 23.4 Å². The summed E-state index contributed by atoms with van der Waals surface area (Å²) in [5, 5.41) is 17.2. The van der Waals surface area contributed by atoms with Crippen LogP contribution in [-0.4, -0.2) is 20.4 Å². The van der Waals surface area contributed by atoms with Gasteiger partial charge in [-0.3, -0.25) is 0 Å². The summed E-state index contributed by atoms with van der Waals surface area (Å²) in [4.78, 5) is 0. The lowest BCUT2D eigenvalue weighted by molar-refractivity contribution is 0.464. The van der Waals surface area contributed by atoms with E-state index in [1.54, 1.807) is 12.1 Å². The van der Waals surface area contributed by atoms with Crippen molar-refractivity contribution in [3.8, 4) is 22.9 Å². The van der Waals surface area contributed by atoms with Gasteiger partial charge in [0.2, 0.25) is 17.7 Å². The number of benzene rings is 2. The number of hydrogen-bond acceptors (Lipinski definition) is 7. The van der Waals surface area contributed by atoms with Crippen LogP contribution in [0.25, 0.3) is 22.9 Å². The Balaban J connectivity index is 1.42. The summed E-state index contributed by atoms with van der Waals surface area (Å²) in [5.74, 6) is 1.87. The van der Waals surface area contributed by atoms with E-state index in [2.05, 4.69) is 20.4 Å². The normalized spacial score (nSPS) is 10.9. The first kappa shape index (κ1) is 15.9. The van der Waals surface area contributed by atoms with Crippen LogP contribution in [0.3, 0.4) is 0 Å². The second-order valence-electron chi connectivity index (χ2n) is 5.04. The van der Waals surface area contributed by atoms with E-state index < -0.39 is 0 Å². The second kappa shape index (κ2) is 7.08. The number of aromatic nitrogens is 4. The third kappa shape index (κ3) is 3.72. The highest BCUT2D eigenvalue weighted by Crippen LogP contribution is 2.27. The van der Waals surface area contributed by atoms with Gasteiger partial charge in [0.05, 0.1) is 5.75 Å². The molecule has 8 heteroatoms. The Morgan fingerprint density at radius 3 is 2.24 bits per heavy atom. The number of rotatable bonds is 5. The maximum Gasteiger partial charge on any atom is 0.277 e. The van der Waals surface area contributed by atoms with Gasteiger partial charge in [0, 0.05) is 16.1 Å². The number of hydrogen-bond donors (Lipinski definition) is 0. The van der Waals surface area contributed by atoms with E-state index in [9.17, 15) is 0 Å². The highest BCUT2D eigenvalue weighted by molar-refractivity contribution is 7.98. The fourth-order valence-electron chi connectivity index (χ4n) is 2.11. The van der Waals surface area contributed by atoms with Crippen molar-refractivity contribution in [1.82, 2.24) is 20.4 Å². The Morgan fingerprint density at radius 1 is 0.760 bits per heavy atom. The SMILES string of the molecule is Clc1ccc(-c2nnc(SCc3nnc(-c4ccccc4)o3)o2)cc1. The van der Waals surface area contributed by atoms with Crippen LogP contribution in [0.1, 0.15) is 5.89 Å². The summed E-state index contributed by atoms with van der Waals surface area (Å²) in [6.07, 6.45) is 0. The van der Waals surface area contributed by atoms with Crippen molar-refractivity contribution in [2.75, 3.05) is 0 Å². The predicted octanol–water partition coefficient (Wildman–Crippen LogP) is 4.73. The fraction of sp³-hybridized carbons (Fsp3) is 0.0588. The van der Waals surface area contributed by atoms with Crippen molar-refractivity contribution in [3.63, 3.8) is 0 Å². The molecule has 0 amide bonds. The van der Waals surface area contributed by atoms with Crippen molar-refractivity contribution < 1.29 is 8.83 Å². The fourth-order valence-corrected chi connectivity index (χ4v) is 2.84. The Morgan fingerprint density at radius 2 is 1.44 bits per heavy atom. The summed E-state index contributed by atoms with van der Waals surface area (Å²) in [5.41, 5.74) is 1.70. The van der Waals surface area contributed by atoms with Crippen LogP contribution >= 0.6 is 23.4 Å². The van der Waals surface area contributed by atoms with E-state index in [0.717, 1.165) is 11.1 Å². The van der Waals surface area contributed by atoms with E-state index >= 15 is 0 Å². The van der Waals surface area contributed by atoms with Crippen molar-refractivity contribution in [3.05, 3.63) is 65.5 Å². The highest BCUT2D eigenvalue weighted by atomic mass is 35.5. The molecule has 124 valence electrons. The maximum atomic E-state index is 5.87. The van der Waals surface area contributed by atoms with Crippen molar-refractivity contribution in [2.45, 2.75) is 11.0 Å². The molecule has 0 saturated heterocycles. The van der Waals surface area contributed by atoms with E-state index in [1.807, 2.05) is 42.5 Å². The lowest BCUT2D eigenvalue weighted by atomic mass is 10.2. The van der Waals surface area contributed by atoms with Gasteiger partial charge < -0.3 is 8.83 Å². The minimum Gasteiger partial charge on any atom is -0.420 e. The molecule has 0 unspecified atom stereocenters. The van der Waals surface area contributed by atoms with Gasteiger partial charge in [-0.1, -0.05) is 41.6 Å². The molecule has 2 aromatic carbocycles. The van der Waals surface area contributed by atoms with E-state index in [4.69, 9.17) is 20.4 Å². The zero-order valence-corrected chi connectivity index (χ0v) is 14.4. The molecular weight excluding hydrogens is 360 g/mol. The van der Waals surface area contributed by atoms with Crippen LogP contribution < -0.4 is 0 Å². The van der Waals surface area contributed by atoms with E-state index in [-0.39, 0.29) is 0 Å². The Bertz CT molecular complexity index is 970. The van der Waals surface area contributed by atoms with Crippen LogP contribution in [-0.2, 0) is 5.75 Å². The van der Waals surface area contributed by atoms with Gasteiger partial charge in [0.1, 0.15) is 0 Å². The largest absolute Gasteiger partial charge is 0.420 e. The van der Waals surface area contributed by atoms with E-state index in [1.165, 1.54) is 11.8 Å². The van der Waals surface area contributed by atoms with Gasteiger partial charge in [-0.25, -0.2) is 0 Å². The molecule has 0 saturated carbocycles. The van der Waals surface area contributed by atoms with Crippen molar-refractivity contribution in [1.29, 1.82) is 0 Å². The number of halogens is 1. The second-order valence-corrected chi connectivity index (χ2v) is 6.40. The lowest BCUT2D eigenvalue weighted by Crippen LogP contribution is -1.80. The standard InChI is InChI=1S/C17H11ClN4O2S/c18-13-8-6-12(7-9-13)16-21-22-17(24-16)25-10-14-19-20-15(23-14)11-4-2-1-3-5-11/h1-9H,10H2. The Kier molecular flexibility index (Phi) is 4.49. The van der Waals surface area contributed by atoms with Gasteiger partial charge >= 0.3 is 0 Å². The molecule has 0 radical (unpaired) electrons. The molecular formula is C17H11ClN4O2S. The van der Waals surface area contributed by atoms with Gasteiger partial charge in [-0.05, 0) is 36.4 Å². The van der Waals surface area contributed by atoms with Gasteiger partial charge in [0.15, 0.2) is 0 Å². The zero-order valence-electron chi connectivity index (χ0n) is 12.8. The maximum absolute atomic E-state index is 5.87. The van der Waals surface area contributed by atoms with Gasteiger partial charge in [0.25, 0.3) is 5.22 Å². The van der Waals surface area contributed by atoms with Crippen LogP contribution in [0.15, 0.2) is 68.7 Å². The Hall–Kier alpha value is -2.64. The summed E-state index contributed by atoms with van der Waals surface area (Å²) in [7, 11) is 0. The average molecular weight is 371 g/mol. The number of nitrogens with zero attached hydrogens (tertiary/aromatic N) is 4. The van der Waals surface area contributed by atoms with Crippen molar-refractivity contribution in [2.24, 2.45) is 0 Å². The first-order valence-corrected chi connectivity index (χ1v) is 8.74. The van der Waals surface area contributed by atoms with Crippen LogP contribution in [0.4, 0.5) is 0 Å². The molecule has 0 bridgehead atoms. The summed E-state index contributed by atoms with van der Waals surface area (Å²) < 4.78 is 11.3. The number of thioether (sulfide) groups is 1. The molecule has 0 spiro atoms. The minimum absolute atomic E-state index is 0.435. The molecule has 0 N–H and O–H groups in total. The van der Waals surface area contributed by atoms with Crippen LogP contribution in [0.5, 0.6) is 0 Å². The molecule has 4 rings (SSSR count). The van der Waals surface area contributed by atoms with Gasteiger partial charge in [-0.15, -0.1) is 20.4 Å². The summed E-state index contributed by atoms with van der Waals surface area (Å²) >= 11 is 7.21. The average Bonchev–Trinajstić information content (AvgIpc) is 3.31.